The van der Waals surface area contributed by atoms with E-state index in [0.717, 1.165) is 18.0 Å². The third-order valence-corrected chi connectivity index (χ3v) is 3.09. The normalized spacial score (nSPS) is 18.6. The maximum Gasteiger partial charge on any atom is 0.0534 e. The topological polar surface area (TPSA) is 43.8 Å². The molecule has 78 valence electrons. The molecular formula is C11H19N3. The number of rotatable bonds is 3. The lowest BCUT2D eigenvalue weighted by Gasteiger charge is -2.21. The van der Waals surface area contributed by atoms with Gasteiger partial charge in [0.2, 0.25) is 0 Å². The second-order valence-electron chi connectivity index (χ2n) is 4.28. The Morgan fingerprint density at radius 1 is 1.36 bits per heavy atom. The van der Waals surface area contributed by atoms with Crippen molar-refractivity contribution in [2.75, 3.05) is 0 Å². The van der Waals surface area contributed by atoms with Crippen molar-refractivity contribution in [1.29, 1.82) is 0 Å². The molecule has 1 aliphatic carbocycles. The van der Waals surface area contributed by atoms with Crippen LogP contribution in [0.1, 0.15) is 37.7 Å². The van der Waals surface area contributed by atoms with Gasteiger partial charge in [-0.25, -0.2) is 0 Å². The fourth-order valence-corrected chi connectivity index (χ4v) is 2.25. The summed E-state index contributed by atoms with van der Waals surface area (Å²) in [4.78, 5) is 0. The quantitative estimate of drug-likeness (QED) is 0.797. The van der Waals surface area contributed by atoms with Crippen LogP contribution in [0.15, 0.2) is 12.4 Å². The zero-order valence-electron chi connectivity index (χ0n) is 8.65. The van der Waals surface area contributed by atoms with Crippen molar-refractivity contribution in [1.82, 2.24) is 9.78 Å². The largest absolute Gasteiger partial charge is 0.326 e. The minimum absolute atomic E-state index is 0.602. The van der Waals surface area contributed by atoms with Gasteiger partial charge >= 0.3 is 0 Å². The lowest BCUT2D eigenvalue weighted by atomic mass is 9.89. The molecule has 3 heteroatoms. The van der Waals surface area contributed by atoms with Crippen LogP contribution < -0.4 is 5.73 Å². The van der Waals surface area contributed by atoms with Gasteiger partial charge in [0.15, 0.2) is 0 Å². The van der Waals surface area contributed by atoms with E-state index in [-0.39, 0.29) is 0 Å². The number of nitrogens with zero attached hydrogens (tertiary/aromatic N) is 2. The molecule has 14 heavy (non-hydrogen) atoms. The first kappa shape index (κ1) is 9.71. The maximum absolute atomic E-state index is 5.54. The Morgan fingerprint density at radius 2 is 2.14 bits per heavy atom. The SMILES string of the molecule is NCc1cnn(CC2CCCCC2)c1. The van der Waals surface area contributed by atoms with Gasteiger partial charge in [0.1, 0.15) is 0 Å². The Morgan fingerprint density at radius 3 is 2.79 bits per heavy atom. The molecule has 0 radical (unpaired) electrons. The average molecular weight is 193 g/mol. The number of nitrogens with two attached hydrogens (primary N) is 1. The fraction of sp³-hybridized carbons (Fsp3) is 0.727. The molecule has 0 amide bonds. The maximum atomic E-state index is 5.54. The summed E-state index contributed by atoms with van der Waals surface area (Å²) in [7, 11) is 0. The molecular weight excluding hydrogens is 174 g/mol. The molecule has 0 unspecified atom stereocenters. The van der Waals surface area contributed by atoms with Gasteiger partial charge in [-0.05, 0) is 18.8 Å². The Hall–Kier alpha value is -0.830. The first-order valence-electron chi connectivity index (χ1n) is 5.60. The molecule has 1 aliphatic rings. The second kappa shape index (κ2) is 4.60. The Kier molecular flexibility index (Phi) is 3.19. The molecule has 1 aromatic rings. The molecule has 0 aromatic carbocycles. The van der Waals surface area contributed by atoms with E-state index < -0.39 is 0 Å². The molecule has 0 saturated heterocycles. The van der Waals surface area contributed by atoms with E-state index in [1.54, 1.807) is 0 Å². The molecule has 1 aromatic heterocycles. The third-order valence-electron chi connectivity index (χ3n) is 3.09. The van der Waals surface area contributed by atoms with Crippen LogP contribution in [0, 0.1) is 5.92 Å². The summed E-state index contributed by atoms with van der Waals surface area (Å²) in [6, 6.07) is 0. The van der Waals surface area contributed by atoms with Crippen molar-refractivity contribution in [3.05, 3.63) is 18.0 Å². The molecule has 3 nitrogen and oxygen atoms in total. The van der Waals surface area contributed by atoms with Crippen molar-refractivity contribution in [2.45, 2.75) is 45.2 Å². The number of aromatic nitrogens is 2. The van der Waals surface area contributed by atoms with Gasteiger partial charge in [-0.2, -0.15) is 5.10 Å². The van der Waals surface area contributed by atoms with Crippen molar-refractivity contribution in [3.8, 4) is 0 Å². The highest BCUT2D eigenvalue weighted by molar-refractivity contribution is 5.02. The van der Waals surface area contributed by atoms with Crippen LogP contribution in [0.3, 0.4) is 0 Å². The van der Waals surface area contributed by atoms with Crippen molar-refractivity contribution >= 4 is 0 Å². The van der Waals surface area contributed by atoms with Crippen LogP contribution in [-0.4, -0.2) is 9.78 Å². The van der Waals surface area contributed by atoms with Crippen LogP contribution in [0.5, 0.6) is 0 Å². The van der Waals surface area contributed by atoms with Crippen LogP contribution in [-0.2, 0) is 13.1 Å². The fourth-order valence-electron chi connectivity index (χ4n) is 2.25. The van der Waals surface area contributed by atoms with Gasteiger partial charge in [-0.15, -0.1) is 0 Å². The Labute approximate surface area is 85.3 Å². The van der Waals surface area contributed by atoms with Crippen molar-refractivity contribution < 1.29 is 0 Å². The molecule has 1 fully saturated rings. The van der Waals surface area contributed by atoms with Crippen molar-refractivity contribution in [3.63, 3.8) is 0 Å². The zero-order chi connectivity index (χ0) is 9.80. The zero-order valence-corrected chi connectivity index (χ0v) is 8.65. The summed E-state index contributed by atoms with van der Waals surface area (Å²) in [5.74, 6) is 0.842. The van der Waals surface area contributed by atoms with Gasteiger partial charge in [0, 0.05) is 24.8 Å². The molecule has 0 bridgehead atoms. The number of hydrogen-bond donors (Lipinski definition) is 1. The Balaban J connectivity index is 1.89. The summed E-state index contributed by atoms with van der Waals surface area (Å²) in [5.41, 5.74) is 6.68. The van der Waals surface area contributed by atoms with Crippen molar-refractivity contribution in [2.24, 2.45) is 11.7 Å². The van der Waals surface area contributed by atoms with Crippen LogP contribution in [0.25, 0.3) is 0 Å². The third kappa shape index (κ3) is 2.35. The van der Waals surface area contributed by atoms with Crippen LogP contribution >= 0.6 is 0 Å². The summed E-state index contributed by atoms with van der Waals surface area (Å²) in [6.45, 7) is 1.69. The lowest BCUT2D eigenvalue weighted by Crippen LogP contribution is -2.14. The van der Waals surface area contributed by atoms with E-state index in [2.05, 4.69) is 16.0 Å². The molecule has 2 N–H and O–H groups in total. The molecule has 2 rings (SSSR count). The first-order valence-corrected chi connectivity index (χ1v) is 5.60. The summed E-state index contributed by atoms with van der Waals surface area (Å²) in [5, 5.41) is 4.32. The Bertz CT molecular complexity index is 274. The van der Waals surface area contributed by atoms with Crippen LogP contribution in [0.4, 0.5) is 0 Å². The highest BCUT2D eigenvalue weighted by atomic mass is 15.3. The average Bonchev–Trinajstić information content (AvgIpc) is 2.67. The van der Waals surface area contributed by atoms with E-state index >= 15 is 0 Å². The molecule has 0 spiro atoms. The van der Waals surface area contributed by atoms with E-state index in [4.69, 9.17) is 5.73 Å². The molecule has 0 atom stereocenters. The highest BCUT2D eigenvalue weighted by Gasteiger charge is 2.13. The van der Waals surface area contributed by atoms with E-state index in [0.29, 0.717) is 6.54 Å². The predicted molar refractivity (Wildman–Crippen MR) is 56.7 cm³/mol. The smallest absolute Gasteiger partial charge is 0.0534 e. The minimum Gasteiger partial charge on any atom is -0.326 e. The summed E-state index contributed by atoms with van der Waals surface area (Å²) < 4.78 is 2.05. The molecule has 1 saturated carbocycles. The van der Waals surface area contributed by atoms with Gasteiger partial charge in [-0.3, -0.25) is 4.68 Å². The molecule has 0 aliphatic heterocycles. The second-order valence-corrected chi connectivity index (χ2v) is 4.28. The van der Waals surface area contributed by atoms with Crippen LogP contribution in [0.2, 0.25) is 0 Å². The minimum atomic E-state index is 0.602. The van der Waals surface area contributed by atoms with E-state index in [1.165, 1.54) is 32.1 Å². The molecule has 1 heterocycles. The monoisotopic (exact) mass is 193 g/mol. The summed E-state index contributed by atoms with van der Waals surface area (Å²) >= 11 is 0. The van der Waals surface area contributed by atoms with E-state index in [9.17, 15) is 0 Å². The lowest BCUT2D eigenvalue weighted by molar-refractivity contribution is 0.308. The number of hydrogen-bond acceptors (Lipinski definition) is 2. The first-order chi connectivity index (χ1) is 6.88. The van der Waals surface area contributed by atoms with Gasteiger partial charge in [-0.1, -0.05) is 19.3 Å². The van der Waals surface area contributed by atoms with Gasteiger partial charge < -0.3 is 5.73 Å². The van der Waals surface area contributed by atoms with E-state index in [1.807, 2.05) is 6.20 Å². The standard InChI is InChI=1S/C11H19N3/c12-6-11-7-13-14(9-11)8-10-4-2-1-3-5-10/h7,9-10H,1-6,8,12H2. The highest BCUT2D eigenvalue weighted by Crippen LogP contribution is 2.24. The predicted octanol–water partition coefficient (Wildman–Crippen LogP) is 1.92. The van der Waals surface area contributed by atoms with Gasteiger partial charge in [0.05, 0.1) is 6.20 Å². The van der Waals surface area contributed by atoms with Gasteiger partial charge in [0.25, 0.3) is 0 Å². The summed E-state index contributed by atoms with van der Waals surface area (Å²) in [6.07, 6.45) is 10.9.